The van der Waals surface area contributed by atoms with E-state index in [1.807, 2.05) is 13.0 Å². The highest BCUT2D eigenvalue weighted by Crippen LogP contribution is 2.25. The molecule has 0 fully saturated rings. The molecule has 0 radical (unpaired) electrons. The molecule has 0 bridgehead atoms. The SMILES string of the molecule is C[C@@H](N)c1ccc(OCc2ccc(Cl)s2)c(F)c1. The van der Waals surface area contributed by atoms with Gasteiger partial charge in [-0.2, -0.15) is 0 Å². The summed E-state index contributed by atoms with van der Waals surface area (Å²) in [5.41, 5.74) is 6.43. The molecule has 1 aromatic heterocycles. The molecule has 96 valence electrons. The molecule has 0 amide bonds. The summed E-state index contributed by atoms with van der Waals surface area (Å²) in [6.45, 7) is 2.12. The number of rotatable bonds is 4. The summed E-state index contributed by atoms with van der Waals surface area (Å²) in [7, 11) is 0. The zero-order chi connectivity index (χ0) is 13.1. The predicted octanol–water partition coefficient (Wildman–Crippen LogP) is 4.14. The van der Waals surface area contributed by atoms with E-state index in [9.17, 15) is 4.39 Å². The molecule has 0 aliphatic rings. The van der Waals surface area contributed by atoms with Gasteiger partial charge in [0.15, 0.2) is 11.6 Å². The van der Waals surface area contributed by atoms with Crippen molar-refractivity contribution in [3.05, 3.63) is 50.9 Å². The van der Waals surface area contributed by atoms with E-state index in [0.717, 1.165) is 10.4 Å². The Morgan fingerprint density at radius 1 is 1.39 bits per heavy atom. The average Bonchev–Trinajstić information content (AvgIpc) is 2.73. The Hall–Kier alpha value is -1.10. The summed E-state index contributed by atoms with van der Waals surface area (Å²) >= 11 is 7.22. The van der Waals surface area contributed by atoms with Crippen LogP contribution in [0, 0.1) is 5.82 Å². The topological polar surface area (TPSA) is 35.2 Å². The Labute approximate surface area is 114 Å². The molecule has 18 heavy (non-hydrogen) atoms. The first kappa shape index (κ1) is 13.3. The molecule has 1 aromatic carbocycles. The third-order valence-corrected chi connectivity index (χ3v) is 3.69. The minimum atomic E-state index is -0.396. The summed E-state index contributed by atoms with van der Waals surface area (Å²) in [5.74, 6) is -0.170. The van der Waals surface area contributed by atoms with Crippen LogP contribution >= 0.6 is 22.9 Å². The van der Waals surface area contributed by atoms with E-state index in [0.29, 0.717) is 10.9 Å². The molecule has 2 nitrogen and oxygen atoms in total. The van der Waals surface area contributed by atoms with Crippen LogP contribution in [0.1, 0.15) is 23.4 Å². The summed E-state index contributed by atoms with van der Waals surface area (Å²) in [5, 5.41) is 0. The Kier molecular flexibility index (Phi) is 4.22. The molecule has 0 saturated carbocycles. The fourth-order valence-electron chi connectivity index (χ4n) is 1.50. The molecular weight excluding hydrogens is 273 g/mol. The van der Waals surface area contributed by atoms with Gasteiger partial charge in [0.05, 0.1) is 4.34 Å². The van der Waals surface area contributed by atoms with Crippen molar-refractivity contribution in [2.45, 2.75) is 19.6 Å². The van der Waals surface area contributed by atoms with Crippen LogP contribution in [0.25, 0.3) is 0 Å². The first-order valence-electron chi connectivity index (χ1n) is 5.48. The summed E-state index contributed by atoms with van der Waals surface area (Å²) in [6.07, 6.45) is 0. The molecule has 1 heterocycles. The minimum absolute atomic E-state index is 0.190. The van der Waals surface area contributed by atoms with Gasteiger partial charge in [0.25, 0.3) is 0 Å². The van der Waals surface area contributed by atoms with Gasteiger partial charge in [-0.05, 0) is 36.8 Å². The molecule has 1 atom stereocenters. The molecule has 0 saturated heterocycles. The van der Waals surface area contributed by atoms with Crippen molar-refractivity contribution in [3.8, 4) is 5.75 Å². The molecule has 5 heteroatoms. The third-order valence-electron chi connectivity index (χ3n) is 2.48. The lowest BCUT2D eigenvalue weighted by molar-refractivity contribution is 0.293. The van der Waals surface area contributed by atoms with E-state index in [4.69, 9.17) is 22.1 Å². The smallest absolute Gasteiger partial charge is 0.165 e. The summed E-state index contributed by atoms with van der Waals surface area (Å²) in [6, 6.07) is 8.24. The van der Waals surface area contributed by atoms with Gasteiger partial charge in [-0.15, -0.1) is 11.3 Å². The normalized spacial score (nSPS) is 12.4. The van der Waals surface area contributed by atoms with Crippen LogP contribution in [0.15, 0.2) is 30.3 Å². The quantitative estimate of drug-likeness (QED) is 0.916. The summed E-state index contributed by atoms with van der Waals surface area (Å²) in [4.78, 5) is 0.954. The van der Waals surface area contributed by atoms with E-state index in [1.165, 1.54) is 17.4 Å². The number of thiophene rings is 1. The summed E-state index contributed by atoms with van der Waals surface area (Å²) < 4.78 is 19.8. The van der Waals surface area contributed by atoms with Crippen LogP contribution in [0.5, 0.6) is 5.75 Å². The van der Waals surface area contributed by atoms with Crippen molar-refractivity contribution in [2.24, 2.45) is 5.73 Å². The van der Waals surface area contributed by atoms with Gasteiger partial charge in [-0.1, -0.05) is 17.7 Å². The predicted molar refractivity (Wildman–Crippen MR) is 72.7 cm³/mol. The highest BCUT2D eigenvalue weighted by atomic mass is 35.5. The zero-order valence-electron chi connectivity index (χ0n) is 9.82. The molecule has 0 aliphatic heterocycles. The van der Waals surface area contributed by atoms with Gasteiger partial charge in [0.1, 0.15) is 6.61 Å². The van der Waals surface area contributed by atoms with Crippen molar-refractivity contribution in [2.75, 3.05) is 0 Å². The van der Waals surface area contributed by atoms with E-state index >= 15 is 0 Å². The molecule has 0 spiro atoms. The lowest BCUT2D eigenvalue weighted by Crippen LogP contribution is -2.05. The van der Waals surface area contributed by atoms with Crippen molar-refractivity contribution >= 4 is 22.9 Å². The first-order chi connectivity index (χ1) is 8.56. The fraction of sp³-hybridized carbons (Fsp3) is 0.231. The van der Waals surface area contributed by atoms with Gasteiger partial charge in [0, 0.05) is 10.9 Å². The molecule has 0 unspecified atom stereocenters. The van der Waals surface area contributed by atoms with Crippen molar-refractivity contribution in [1.29, 1.82) is 0 Å². The van der Waals surface area contributed by atoms with Gasteiger partial charge in [-0.25, -0.2) is 4.39 Å². The fourth-order valence-corrected chi connectivity index (χ4v) is 2.50. The van der Waals surface area contributed by atoms with Crippen LogP contribution in [0.4, 0.5) is 4.39 Å². The van der Waals surface area contributed by atoms with Crippen molar-refractivity contribution in [1.82, 2.24) is 0 Å². The first-order valence-corrected chi connectivity index (χ1v) is 6.68. The Morgan fingerprint density at radius 2 is 2.17 bits per heavy atom. The highest BCUT2D eigenvalue weighted by Gasteiger charge is 2.08. The van der Waals surface area contributed by atoms with E-state index < -0.39 is 5.82 Å². The van der Waals surface area contributed by atoms with E-state index in [1.54, 1.807) is 18.2 Å². The largest absolute Gasteiger partial charge is 0.485 e. The lowest BCUT2D eigenvalue weighted by Gasteiger charge is -2.09. The van der Waals surface area contributed by atoms with Crippen LogP contribution < -0.4 is 10.5 Å². The van der Waals surface area contributed by atoms with Crippen molar-refractivity contribution in [3.63, 3.8) is 0 Å². The van der Waals surface area contributed by atoms with Crippen LogP contribution in [0.3, 0.4) is 0 Å². The third kappa shape index (κ3) is 3.22. The maximum Gasteiger partial charge on any atom is 0.165 e. The number of hydrogen-bond acceptors (Lipinski definition) is 3. The second-order valence-electron chi connectivity index (χ2n) is 3.97. The lowest BCUT2D eigenvalue weighted by atomic mass is 10.1. The standard InChI is InChI=1S/C13H13ClFNOS/c1-8(16)9-2-4-12(11(15)6-9)17-7-10-3-5-13(14)18-10/h2-6,8H,7,16H2,1H3/t8-/m1/s1. The number of ether oxygens (including phenoxy) is 1. The number of hydrogen-bond donors (Lipinski definition) is 1. The monoisotopic (exact) mass is 285 g/mol. The van der Waals surface area contributed by atoms with Gasteiger partial charge >= 0.3 is 0 Å². The van der Waals surface area contributed by atoms with Crippen LogP contribution in [0.2, 0.25) is 4.34 Å². The van der Waals surface area contributed by atoms with Crippen molar-refractivity contribution < 1.29 is 9.13 Å². The second kappa shape index (κ2) is 5.69. The minimum Gasteiger partial charge on any atom is -0.485 e. The molecule has 0 aliphatic carbocycles. The number of benzene rings is 1. The van der Waals surface area contributed by atoms with Crippen LogP contribution in [-0.4, -0.2) is 0 Å². The Balaban J connectivity index is 2.05. The average molecular weight is 286 g/mol. The van der Waals surface area contributed by atoms with E-state index in [2.05, 4.69) is 0 Å². The molecule has 2 N–H and O–H groups in total. The zero-order valence-corrected chi connectivity index (χ0v) is 11.4. The Morgan fingerprint density at radius 3 is 2.72 bits per heavy atom. The molecule has 2 rings (SSSR count). The second-order valence-corrected chi connectivity index (χ2v) is 5.77. The molecule has 2 aromatic rings. The van der Waals surface area contributed by atoms with Gasteiger partial charge in [0.2, 0.25) is 0 Å². The maximum absolute atomic E-state index is 13.7. The van der Waals surface area contributed by atoms with Gasteiger partial charge in [-0.3, -0.25) is 0 Å². The maximum atomic E-state index is 13.7. The van der Waals surface area contributed by atoms with Gasteiger partial charge < -0.3 is 10.5 Å². The highest BCUT2D eigenvalue weighted by molar-refractivity contribution is 7.16. The Bertz CT molecular complexity index is 542. The molecular formula is C13H13ClFNOS. The number of nitrogens with two attached hydrogens (primary N) is 1. The van der Waals surface area contributed by atoms with Crippen LogP contribution in [-0.2, 0) is 6.61 Å². The van der Waals surface area contributed by atoms with E-state index in [-0.39, 0.29) is 11.8 Å². The number of halogens is 2.